The summed E-state index contributed by atoms with van der Waals surface area (Å²) < 4.78 is 52.5. The molecule has 2 aliphatic heterocycles. The molecule has 0 spiro atoms. The van der Waals surface area contributed by atoms with Gasteiger partial charge in [0.1, 0.15) is 21.5 Å². The maximum atomic E-state index is 14.8. The first-order chi connectivity index (χ1) is 21.1. The summed E-state index contributed by atoms with van der Waals surface area (Å²) in [5, 5.41) is 7.87. The lowest BCUT2D eigenvalue weighted by atomic mass is 9.65. The van der Waals surface area contributed by atoms with Gasteiger partial charge in [0.05, 0.1) is 33.7 Å². The zero-order chi connectivity index (χ0) is 32.1. The minimum Gasteiger partial charge on any atom is -0.357 e. The van der Waals surface area contributed by atoms with E-state index in [1.807, 2.05) is 26.0 Å². The molecule has 12 heteroatoms. The summed E-state index contributed by atoms with van der Waals surface area (Å²) in [4.78, 5) is 14.0. The second-order valence-corrected chi connectivity index (χ2v) is 13.3. The van der Waals surface area contributed by atoms with Gasteiger partial charge in [0.15, 0.2) is 12.1 Å². The normalized spacial score (nSPS) is 23.0. The molecule has 240 valence electrons. The molecule has 3 N–H and O–H groups in total. The summed E-state index contributed by atoms with van der Waals surface area (Å²) in [6, 6.07) is 5.86. The van der Waals surface area contributed by atoms with E-state index in [0.29, 0.717) is 17.1 Å². The molecule has 3 atom stereocenters. The largest absolute Gasteiger partial charge is 0.357 e. The number of aliphatic imine (C=N–C) groups is 1. The van der Waals surface area contributed by atoms with Crippen molar-refractivity contribution in [3.63, 3.8) is 0 Å². The van der Waals surface area contributed by atoms with Gasteiger partial charge < -0.3 is 10.7 Å². The first-order valence-electron chi connectivity index (χ1n) is 15.2. The second-order valence-electron chi connectivity index (χ2n) is 11.0. The molecule has 1 aromatic carbocycles. The average molecular weight is 630 g/mol. The van der Waals surface area contributed by atoms with E-state index in [1.165, 1.54) is 24.5 Å². The minimum atomic E-state index is -3.07. The van der Waals surface area contributed by atoms with Crippen LogP contribution in [0.4, 0.5) is 8.78 Å². The predicted octanol–water partition coefficient (Wildman–Crippen LogP) is 5.17. The number of allylic oxidation sites excluding steroid dienone is 4. The third-order valence-electron chi connectivity index (χ3n) is 8.35. The number of hydrazine groups is 1. The Kier molecular flexibility index (Phi) is 10.6. The SMILES string of the molecule is CC.CC[C@H]1CC[C@](CC)(c2ccnc(C3=CNC(NCCS(C)(=O)=O)N=C3)n2)C2=C1C=C(c1c(F)cccc1F)N(C)N2.[HH]. The van der Waals surface area contributed by atoms with Gasteiger partial charge in [-0.1, -0.05) is 33.8 Å². The van der Waals surface area contributed by atoms with Crippen LogP contribution in [0.3, 0.4) is 0 Å². The fraction of sp³-hybridized carbons (Fsp3) is 0.469. The molecular formula is C32H45F2N7O2S. The molecule has 5 rings (SSSR count). The van der Waals surface area contributed by atoms with Crippen molar-refractivity contribution in [1.82, 2.24) is 31.0 Å². The molecule has 0 saturated carbocycles. The van der Waals surface area contributed by atoms with Crippen LogP contribution in [-0.4, -0.2) is 61.5 Å². The summed E-state index contributed by atoms with van der Waals surface area (Å²) in [5.74, 6) is -0.438. The van der Waals surface area contributed by atoms with Crippen LogP contribution in [0.15, 0.2) is 59.0 Å². The van der Waals surface area contributed by atoms with E-state index in [2.05, 4.69) is 39.9 Å². The fourth-order valence-corrected chi connectivity index (χ4v) is 6.48. The molecule has 44 heavy (non-hydrogen) atoms. The molecule has 0 saturated heterocycles. The van der Waals surface area contributed by atoms with Crippen molar-refractivity contribution in [2.75, 3.05) is 25.6 Å². The summed E-state index contributed by atoms with van der Waals surface area (Å²) in [7, 11) is -1.29. The van der Waals surface area contributed by atoms with Crippen molar-refractivity contribution in [2.45, 2.75) is 65.1 Å². The van der Waals surface area contributed by atoms with E-state index in [-0.39, 0.29) is 25.2 Å². The first kappa shape index (κ1) is 33.3. The van der Waals surface area contributed by atoms with Crippen molar-refractivity contribution < 1.29 is 18.6 Å². The first-order valence-corrected chi connectivity index (χ1v) is 17.3. The molecule has 1 unspecified atom stereocenters. The Hall–Kier alpha value is -3.64. The van der Waals surface area contributed by atoms with Crippen molar-refractivity contribution >= 4 is 27.3 Å². The van der Waals surface area contributed by atoms with E-state index >= 15 is 0 Å². The monoisotopic (exact) mass is 629 g/mol. The molecule has 1 aromatic heterocycles. The third kappa shape index (κ3) is 6.86. The molecule has 0 amide bonds. The zero-order valence-electron chi connectivity index (χ0n) is 26.3. The van der Waals surface area contributed by atoms with Gasteiger partial charge in [0.2, 0.25) is 0 Å². The average Bonchev–Trinajstić information content (AvgIpc) is 3.01. The topological polar surface area (TPSA) is 112 Å². The van der Waals surface area contributed by atoms with E-state index < -0.39 is 33.2 Å². The molecular weight excluding hydrogens is 584 g/mol. The lowest BCUT2D eigenvalue weighted by Crippen LogP contribution is -2.48. The maximum Gasteiger partial charge on any atom is 0.173 e. The number of nitrogens with zero attached hydrogens (tertiary/aromatic N) is 4. The van der Waals surface area contributed by atoms with Crippen LogP contribution < -0.4 is 16.1 Å². The number of halogens is 2. The lowest BCUT2D eigenvalue weighted by molar-refractivity contribution is 0.264. The van der Waals surface area contributed by atoms with Crippen molar-refractivity contribution in [1.29, 1.82) is 0 Å². The van der Waals surface area contributed by atoms with E-state index in [1.54, 1.807) is 30.7 Å². The number of nitrogens with one attached hydrogen (secondary N) is 3. The van der Waals surface area contributed by atoms with E-state index in [9.17, 15) is 17.2 Å². The predicted molar refractivity (Wildman–Crippen MR) is 174 cm³/mol. The summed E-state index contributed by atoms with van der Waals surface area (Å²) in [6.45, 7) is 8.54. The number of benzene rings is 1. The zero-order valence-corrected chi connectivity index (χ0v) is 27.1. The number of sulfone groups is 1. The highest BCUT2D eigenvalue weighted by Crippen LogP contribution is 2.49. The summed E-state index contributed by atoms with van der Waals surface area (Å²) >= 11 is 0. The van der Waals surface area contributed by atoms with Gasteiger partial charge in [-0.15, -0.1) is 0 Å². The number of hydrogen-bond donors (Lipinski definition) is 3. The number of aromatic nitrogens is 2. The van der Waals surface area contributed by atoms with Gasteiger partial charge in [-0.25, -0.2) is 27.2 Å². The van der Waals surface area contributed by atoms with Crippen molar-refractivity contribution in [3.05, 3.63) is 82.7 Å². The van der Waals surface area contributed by atoms with Gasteiger partial charge in [0, 0.05) is 45.6 Å². The summed E-state index contributed by atoms with van der Waals surface area (Å²) in [6.07, 6.45) is 11.3. The Morgan fingerprint density at radius 2 is 1.91 bits per heavy atom. The highest BCUT2D eigenvalue weighted by atomic mass is 32.2. The molecule has 3 heterocycles. The third-order valence-corrected chi connectivity index (χ3v) is 9.29. The Morgan fingerprint density at radius 3 is 2.52 bits per heavy atom. The number of hydrogen-bond acceptors (Lipinski definition) is 9. The van der Waals surface area contributed by atoms with Crippen LogP contribution in [0, 0.1) is 17.6 Å². The van der Waals surface area contributed by atoms with Gasteiger partial charge in [0.25, 0.3) is 0 Å². The molecule has 9 nitrogen and oxygen atoms in total. The van der Waals surface area contributed by atoms with E-state index in [0.717, 1.165) is 42.6 Å². The highest BCUT2D eigenvalue weighted by molar-refractivity contribution is 7.90. The van der Waals surface area contributed by atoms with Crippen LogP contribution in [0.2, 0.25) is 0 Å². The molecule has 1 aliphatic carbocycles. The van der Waals surface area contributed by atoms with Gasteiger partial charge in [-0.2, -0.15) is 0 Å². The van der Waals surface area contributed by atoms with Crippen molar-refractivity contribution in [3.8, 4) is 0 Å². The van der Waals surface area contributed by atoms with Crippen LogP contribution in [0.25, 0.3) is 11.3 Å². The maximum absolute atomic E-state index is 14.8. The second kappa shape index (κ2) is 14.0. The lowest BCUT2D eigenvalue weighted by Gasteiger charge is -2.47. The van der Waals surface area contributed by atoms with Crippen LogP contribution in [0.5, 0.6) is 0 Å². The summed E-state index contributed by atoms with van der Waals surface area (Å²) in [5.41, 5.74) is 7.05. The quantitative estimate of drug-likeness (QED) is 0.349. The van der Waals surface area contributed by atoms with Gasteiger partial charge in [-0.3, -0.25) is 15.3 Å². The van der Waals surface area contributed by atoms with Crippen LogP contribution >= 0.6 is 0 Å². The highest BCUT2D eigenvalue weighted by Gasteiger charge is 2.45. The Balaban J connectivity index is 0.00000180. The standard InChI is InChI=1S/C30H37F2N7O2S.C2H6.H2/c1-5-19-10-12-30(6-2,27-21(19)16-24(39(3)38-27)26-22(31)8-7-9-23(26)32)25-11-13-33-28(37-25)20-17-35-29(36-18-20)34-14-15-42(4,40)41;1-2;/h7-9,11,13,16-19,29,34-35,38H,5-6,10,12,14-15H2,1-4H3;1-2H3;1H/t19-,29?,30+;;/m0../s1. The van der Waals surface area contributed by atoms with Gasteiger partial charge in [-0.05, 0) is 61.4 Å². The fourth-order valence-electron chi connectivity index (χ4n) is 6.00. The van der Waals surface area contributed by atoms with Gasteiger partial charge >= 0.3 is 0 Å². The smallest absolute Gasteiger partial charge is 0.173 e. The molecule has 3 aliphatic rings. The molecule has 2 aromatic rings. The molecule has 0 bridgehead atoms. The Morgan fingerprint density at radius 1 is 1.18 bits per heavy atom. The Labute approximate surface area is 261 Å². The minimum absolute atomic E-state index is 0. The van der Waals surface area contributed by atoms with Crippen LogP contribution in [0.1, 0.15) is 71.9 Å². The Bertz CT molecular complexity index is 1580. The van der Waals surface area contributed by atoms with E-state index in [4.69, 9.17) is 4.98 Å². The molecule has 0 radical (unpaired) electrons. The van der Waals surface area contributed by atoms with Crippen LogP contribution in [-0.2, 0) is 15.3 Å². The number of rotatable bonds is 9. The molecule has 0 fully saturated rings. The van der Waals surface area contributed by atoms with Crippen molar-refractivity contribution in [2.24, 2.45) is 10.9 Å².